The number of carbonyl (C=O) groups excluding carboxylic acids is 1. The lowest BCUT2D eigenvalue weighted by Gasteiger charge is -2.17. The molecule has 0 spiro atoms. The molecule has 1 amide bonds. The molecule has 0 fully saturated rings. The van der Waals surface area contributed by atoms with Crippen LogP contribution in [0.4, 0.5) is 0 Å². The van der Waals surface area contributed by atoms with E-state index in [0.717, 1.165) is 11.5 Å². The molecule has 0 radical (unpaired) electrons. The Labute approximate surface area is 126 Å². The molecule has 1 aromatic carbocycles. The lowest BCUT2D eigenvalue weighted by Crippen LogP contribution is -2.37. The molecule has 0 aromatic heterocycles. The van der Waals surface area contributed by atoms with Crippen molar-refractivity contribution >= 4 is 17.7 Å². The SMILES string of the molecule is Cc1cccc(OCCSCC(=O)NC(C)C(C)C)c1. The van der Waals surface area contributed by atoms with Gasteiger partial charge in [-0.05, 0) is 37.5 Å². The minimum Gasteiger partial charge on any atom is -0.493 e. The zero-order valence-corrected chi connectivity index (χ0v) is 13.6. The van der Waals surface area contributed by atoms with Crippen molar-refractivity contribution in [3.63, 3.8) is 0 Å². The van der Waals surface area contributed by atoms with E-state index in [1.54, 1.807) is 11.8 Å². The molecule has 112 valence electrons. The number of rotatable bonds is 8. The minimum absolute atomic E-state index is 0.103. The molecule has 0 aliphatic heterocycles. The minimum atomic E-state index is 0.103. The quantitative estimate of drug-likeness (QED) is 0.748. The average molecular weight is 295 g/mol. The molecule has 0 bridgehead atoms. The van der Waals surface area contributed by atoms with E-state index in [1.165, 1.54) is 5.56 Å². The summed E-state index contributed by atoms with van der Waals surface area (Å²) in [5.74, 6) is 2.77. The van der Waals surface area contributed by atoms with Crippen molar-refractivity contribution < 1.29 is 9.53 Å². The van der Waals surface area contributed by atoms with Crippen LogP contribution in [0.25, 0.3) is 0 Å². The number of amides is 1. The Morgan fingerprint density at radius 2 is 2.10 bits per heavy atom. The first kappa shape index (κ1) is 16.9. The first-order valence-corrected chi connectivity index (χ1v) is 8.21. The summed E-state index contributed by atoms with van der Waals surface area (Å²) in [6, 6.07) is 8.23. The number of hydrogen-bond donors (Lipinski definition) is 1. The van der Waals surface area contributed by atoms with Gasteiger partial charge in [0, 0.05) is 11.8 Å². The number of aryl methyl sites for hydroxylation is 1. The molecule has 0 heterocycles. The summed E-state index contributed by atoms with van der Waals surface area (Å²) in [4.78, 5) is 11.7. The van der Waals surface area contributed by atoms with E-state index in [1.807, 2.05) is 38.1 Å². The summed E-state index contributed by atoms with van der Waals surface area (Å²) in [5.41, 5.74) is 1.19. The van der Waals surface area contributed by atoms with E-state index in [2.05, 4.69) is 19.2 Å². The van der Waals surface area contributed by atoms with Crippen LogP contribution in [0, 0.1) is 12.8 Å². The molecule has 0 aliphatic rings. The fourth-order valence-corrected chi connectivity index (χ4v) is 2.16. The average Bonchev–Trinajstić information content (AvgIpc) is 2.38. The number of carbonyl (C=O) groups is 1. The second-order valence-electron chi connectivity index (χ2n) is 5.32. The molecular formula is C16H25NO2S. The molecule has 4 heteroatoms. The fourth-order valence-electron chi connectivity index (χ4n) is 1.55. The Hall–Kier alpha value is -1.16. The Morgan fingerprint density at radius 1 is 1.35 bits per heavy atom. The van der Waals surface area contributed by atoms with Gasteiger partial charge in [-0.15, -0.1) is 11.8 Å². The van der Waals surface area contributed by atoms with Crippen molar-refractivity contribution in [2.45, 2.75) is 33.7 Å². The van der Waals surface area contributed by atoms with Gasteiger partial charge in [0.2, 0.25) is 5.91 Å². The Morgan fingerprint density at radius 3 is 2.75 bits per heavy atom. The third-order valence-corrected chi connectivity index (χ3v) is 4.03. The highest BCUT2D eigenvalue weighted by Gasteiger charge is 2.10. The number of benzene rings is 1. The molecule has 0 saturated heterocycles. The van der Waals surface area contributed by atoms with Crippen LogP contribution >= 0.6 is 11.8 Å². The smallest absolute Gasteiger partial charge is 0.230 e. The third-order valence-electron chi connectivity index (χ3n) is 3.11. The van der Waals surface area contributed by atoms with E-state index in [0.29, 0.717) is 18.3 Å². The van der Waals surface area contributed by atoms with Gasteiger partial charge in [-0.25, -0.2) is 0 Å². The maximum absolute atomic E-state index is 11.7. The van der Waals surface area contributed by atoms with E-state index >= 15 is 0 Å². The molecular weight excluding hydrogens is 270 g/mol. The van der Waals surface area contributed by atoms with Crippen molar-refractivity contribution in [2.24, 2.45) is 5.92 Å². The normalized spacial score (nSPS) is 12.2. The summed E-state index contributed by atoms with van der Waals surface area (Å²) >= 11 is 1.60. The molecule has 1 N–H and O–H groups in total. The fraction of sp³-hybridized carbons (Fsp3) is 0.562. The molecule has 20 heavy (non-hydrogen) atoms. The van der Waals surface area contributed by atoms with Gasteiger partial charge in [0.1, 0.15) is 5.75 Å². The maximum Gasteiger partial charge on any atom is 0.230 e. The molecule has 1 aromatic rings. The van der Waals surface area contributed by atoms with E-state index in [9.17, 15) is 4.79 Å². The monoisotopic (exact) mass is 295 g/mol. The van der Waals surface area contributed by atoms with Crippen molar-refractivity contribution in [1.82, 2.24) is 5.32 Å². The Balaban J connectivity index is 2.11. The van der Waals surface area contributed by atoms with Crippen molar-refractivity contribution in [1.29, 1.82) is 0 Å². The van der Waals surface area contributed by atoms with Crippen LogP contribution in [0.5, 0.6) is 5.75 Å². The number of thioether (sulfide) groups is 1. The van der Waals surface area contributed by atoms with Crippen LogP contribution in [0.2, 0.25) is 0 Å². The summed E-state index contributed by atoms with van der Waals surface area (Å²) in [5, 5.41) is 2.99. The Bertz CT molecular complexity index is 421. The first-order valence-electron chi connectivity index (χ1n) is 7.05. The highest BCUT2D eigenvalue weighted by molar-refractivity contribution is 7.99. The Kier molecular flexibility index (Phi) is 7.52. The second kappa shape index (κ2) is 8.90. The largest absolute Gasteiger partial charge is 0.493 e. The molecule has 1 atom stereocenters. The summed E-state index contributed by atoms with van der Waals surface area (Å²) in [6.45, 7) is 8.92. The van der Waals surface area contributed by atoms with Crippen molar-refractivity contribution in [2.75, 3.05) is 18.1 Å². The first-order chi connectivity index (χ1) is 9.49. The van der Waals surface area contributed by atoms with Crippen LogP contribution in [0.1, 0.15) is 26.3 Å². The molecule has 0 aliphatic carbocycles. The van der Waals surface area contributed by atoms with Crippen LogP contribution in [-0.4, -0.2) is 30.1 Å². The second-order valence-corrected chi connectivity index (χ2v) is 6.42. The number of ether oxygens (including phenoxy) is 1. The van der Waals surface area contributed by atoms with E-state index < -0.39 is 0 Å². The highest BCUT2D eigenvalue weighted by atomic mass is 32.2. The van der Waals surface area contributed by atoms with E-state index in [-0.39, 0.29) is 11.9 Å². The highest BCUT2D eigenvalue weighted by Crippen LogP contribution is 2.12. The molecule has 0 saturated carbocycles. The van der Waals surface area contributed by atoms with E-state index in [4.69, 9.17) is 4.74 Å². The van der Waals surface area contributed by atoms with Crippen LogP contribution in [-0.2, 0) is 4.79 Å². The summed E-state index contributed by atoms with van der Waals surface area (Å²) in [6.07, 6.45) is 0. The lowest BCUT2D eigenvalue weighted by atomic mass is 10.1. The zero-order valence-electron chi connectivity index (χ0n) is 12.8. The van der Waals surface area contributed by atoms with Crippen LogP contribution < -0.4 is 10.1 Å². The van der Waals surface area contributed by atoms with Gasteiger partial charge in [-0.1, -0.05) is 26.0 Å². The topological polar surface area (TPSA) is 38.3 Å². The molecule has 1 unspecified atom stereocenters. The lowest BCUT2D eigenvalue weighted by molar-refractivity contribution is -0.119. The predicted molar refractivity (Wildman–Crippen MR) is 86.4 cm³/mol. The molecule has 1 rings (SSSR count). The number of nitrogens with one attached hydrogen (secondary N) is 1. The standard InChI is InChI=1S/C16H25NO2S/c1-12(2)14(4)17-16(18)11-20-9-8-19-15-7-5-6-13(3)10-15/h5-7,10,12,14H,8-9,11H2,1-4H3,(H,17,18). The molecule has 3 nitrogen and oxygen atoms in total. The number of hydrogen-bond acceptors (Lipinski definition) is 3. The zero-order chi connectivity index (χ0) is 15.0. The van der Waals surface area contributed by atoms with Crippen LogP contribution in [0.15, 0.2) is 24.3 Å². The van der Waals surface area contributed by atoms with Crippen LogP contribution in [0.3, 0.4) is 0 Å². The van der Waals surface area contributed by atoms with Gasteiger partial charge in [0.25, 0.3) is 0 Å². The summed E-state index contributed by atoms with van der Waals surface area (Å²) in [7, 11) is 0. The van der Waals surface area contributed by atoms with Crippen molar-refractivity contribution in [3.05, 3.63) is 29.8 Å². The maximum atomic E-state index is 11.7. The van der Waals surface area contributed by atoms with Gasteiger partial charge < -0.3 is 10.1 Å². The van der Waals surface area contributed by atoms with Gasteiger partial charge in [-0.2, -0.15) is 0 Å². The predicted octanol–water partition coefficient (Wildman–Crippen LogP) is 3.27. The third kappa shape index (κ3) is 6.85. The van der Waals surface area contributed by atoms with Gasteiger partial charge in [-0.3, -0.25) is 4.79 Å². The van der Waals surface area contributed by atoms with Gasteiger partial charge in [0.15, 0.2) is 0 Å². The summed E-state index contributed by atoms with van der Waals surface area (Å²) < 4.78 is 5.64. The van der Waals surface area contributed by atoms with Gasteiger partial charge in [0.05, 0.1) is 12.4 Å². The van der Waals surface area contributed by atoms with Gasteiger partial charge >= 0.3 is 0 Å². The van der Waals surface area contributed by atoms with Crippen molar-refractivity contribution in [3.8, 4) is 5.75 Å².